The van der Waals surface area contributed by atoms with Gasteiger partial charge in [-0.15, -0.1) is 0 Å². The van der Waals surface area contributed by atoms with Crippen LogP contribution in [0.1, 0.15) is 22.9 Å². The predicted molar refractivity (Wildman–Crippen MR) is 547 cm³/mol. The fourth-order valence-electron chi connectivity index (χ4n) is 18.1. The van der Waals surface area contributed by atoms with Crippen molar-refractivity contribution in [2.24, 2.45) is 9.98 Å². The zero-order valence-electron chi connectivity index (χ0n) is 71.9. The second kappa shape index (κ2) is 35.0. The van der Waals surface area contributed by atoms with Gasteiger partial charge in [0.25, 0.3) is 0 Å². The Kier molecular flexibility index (Phi) is 21.0. The molecule has 0 fully saturated rings. The number of fused-ring (bicyclic) bond motifs is 3. The van der Waals surface area contributed by atoms with Crippen LogP contribution < -0.4 is 5.32 Å². The molecule has 0 radical (unpaired) electrons. The van der Waals surface area contributed by atoms with Crippen LogP contribution in [0.25, 0.3) is 212 Å². The van der Waals surface area contributed by atoms with Crippen molar-refractivity contribution in [2.45, 2.75) is 6.17 Å². The molecule has 3 aromatic heterocycles. The lowest BCUT2D eigenvalue weighted by Gasteiger charge is -2.24. The molecule has 22 aromatic rings. The van der Waals surface area contributed by atoms with Gasteiger partial charge in [-0.05, 0) is 235 Å². The number of hydrogen-bond acceptors (Lipinski definition) is 8. The summed E-state index contributed by atoms with van der Waals surface area (Å²) in [4.78, 5) is 37.6. The molecule has 0 spiro atoms. The van der Waals surface area contributed by atoms with Crippen LogP contribution in [0.3, 0.4) is 0 Å². The molecule has 8 nitrogen and oxygen atoms in total. The Hall–Kier alpha value is -17.6. The van der Waals surface area contributed by atoms with E-state index in [0.717, 1.165) is 201 Å². The Morgan fingerprint density at radius 1 is 0.152 bits per heavy atom. The van der Waals surface area contributed by atoms with Gasteiger partial charge in [0.15, 0.2) is 23.3 Å². The van der Waals surface area contributed by atoms with Gasteiger partial charge in [-0.2, -0.15) is 0 Å². The maximum atomic E-state index is 5.55. The third kappa shape index (κ3) is 16.5. The third-order valence-electron chi connectivity index (χ3n) is 25.1. The van der Waals surface area contributed by atoms with E-state index >= 15 is 0 Å². The molecule has 0 aliphatic carbocycles. The SMILES string of the molecule is c1ccc(-c2cccc(C3=NC(c4cccc(-c5ccc(-c6ccc7ccc(-c8cc(-c9cccc(-c%10cccc(-c%11nc(-c%12cccc(-c%13ccccc%13)c%12)nc(-c%12cccc(-c%13ccccc%13)c%12)n%11)c%10)c9)cc(-c9ccc%10ccccc%10c9)n8)cc7c6)cc5)c4)NC(c4cccc(-c5cccc(-c6cc(-c7ccc8ccccc8c7)cc(-c7ccccc7)n6)c5)c4)=N3)c2)cc1. The van der Waals surface area contributed by atoms with Crippen LogP contribution in [0, 0.1) is 0 Å². The Balaban J connectivity index is 0.544. The standard InChI is InChI=1S/C124H82N8/c1-5-25-81(26-6-1)92-37-19-47-106(69-92)119-127-120(107-48-20-38-93(70-107)82-27-7-2-8-28-82)130-123(129-119)110-51-23-43-98(73-110)96-41-17-45-100(66-96)113-78-117(104-63-59-85-32-14-16-36-91(85)67-104)126-118(79-113)105-64-60-88-58-61-101(75-112(88)76-105)87-55-53-86(54-56-87)95-40-22-50-109(72-95)122-128-121(108-49-21-39-94(71-108)83-29-9-3-10-30-83)131-124(132-122)111-52-24-44-99(74-111)97-42-18-46-103(68-97)116-80-114(77-115(125-116)89-33-11-4-12-34-89)102-62-57-84-31-13-15-35-90(84)65-102/h1-80,122H,(H,128,131,132). The maximum absolute atomic E-state index is 5.55. The molecule has 23 rings (SSSR count). The summed E-state index contributed by atoms with van der Waals surface area (Å²) in [7, 11) is 0. The highest BCUT2D eigenvalue weighted by Gasteiger charge is 2.25. The van der Waals surface area contributed by atoms with Crippen molar-refractivity contribution in [3.63, 3.8) is 0 Å². The predicted octanol–water partition coefficient (Wildman–Crippen LogP) is 31.3. The van der Waals surface area contributed by atoms with Gasteiger partial charge in [0.2, 0.25) is 0 Å². The van der Waals surface area contributed by atoms with Gasteiger partial charge in [-0.25, -0.2) is 34.9 Å². The second-order valence-corrected chi connectivity index (χ2v) is 33.7. The monoisotopic (exact) mass is 1680 g/mol. The summed E-state index contributed by atoms with van der Waals surface area (Å²) in [5.74, 6) is 3.14. The normalized spacial score (nSPS) is 12.5. The lowest BCUT2D eigenvalue weighted by Crippen LogP contribution is -2.33. The third-order valence-corrected chi connectivity index (χ3v) is 25.1. The van der Waals surface area contributed by atoms with E-state index in [1.54, 1.807) is 0 Å². The lowest BCUT2D eigenvalue weighted by atomic mass is 9.94. The van der Waals surface area contributed by atoms with Crippen LogP contribution in [0.4, 0.5) is 0 Å². The quantitative estimate of drug-likeness (QED) is 0.0866. The second-order valence-electron chi connectivity index (χ2n) is 33.7. The Bertz CT molecular complexity index is 8130. The van der Waals surface area contributed by atoms with E-state index in [-0.39, 0.29) is 0 Å². The minimum atomic E-state index is -0.475. The van der Waals surface area contributed by atoms with Crippen LogP contribution in [0.15, 0.2) is 495 Å². The molecule has 1 N–H and O–H groups in total. The zero-order chi connectivity index (χ0) is 87.6. The van der Waals surface area contributed by atoms with Crippen molar-refractivity contribution in [3.05, 3.63) is 502 Å². The average Bonchev–Trinajstić information content (AvgIpc) is 0.787. The highest BCUT2D eigenvalue weighted by molar-refractivity contribution is 6.14. The molecule has 0 bridgehead atoms. The van der Waals surface area contributed by atoms with E-state index in [9.17, 15) is 0 Å². The van der Waals surface area contributed by atoms with Crippen molar-refractivity contribution in [2.75, 3.05) is 0 Å². The summed E-state index contributed by atoms with van der Waals surface area (Å²) in [5.41, 5.74) is 32.8. The highest BCUT2D eigenvalue weighted by atomic mass is 15.2. The van der Waals surface area contributed by atoms with Gasteiger partial charge >= 0.3 is 0 Å². The number of nitrogens with zero attached hydrogens (tertiary/aromatic N) is 7. The van der Waals surface area contributed by atoms with E-state index < -0.39 is 6.17 Å². The van der Waals surface area contributed by atoms with E-state index in [1.807, 2.05) is 12.1 Å². The van der Waals surface area contributed by atoms with Gasteiger partial charge in [0.1, 0.15) is 12.0 Å². The minimum absolute atomic E-state index is 0.475. The van der Waals surface area contributed by atoms with E-state index in [2.05, 4.69) is 478 Å². The van der Waals surface area contributed by atoms with E-state index in [4.69, 9.17) is 34.9 Å². The summed E-state index contributed by atoms with van der Waals surface area (Å²) in [6, 6.07) is 173. The first-order valence-corrected chi connectivity index (χ1v) is 44.7. The number of benzene rings is 19. The van der Waals surface area contributed by atoms with Gasteiger partial charge in [0, 0.05) is 50.1 Å². The Labute approximate surface area is 766 Å². The summed E-state index contributed by atoms with van der Waals surface area (Å²) >= 11 is 0. The minimum Gasteiger partial charge on any atom is -0.344 e. The fraction of sp³-hybridized carbons (Fsp3) is 0.00806. The van der Waals surface area contributed by atoms with E-state index in [1.165, 1.54) is 16.2 Å². The van der Waals surface area contributed by atoms with Gasteiger partial charge in [-0.1, -0.05) is 388 Å². The smallest absolute Gasteiger partial charge is 0.164 e. The number of rotatable bonds is 19. The molecule has 0 amide bonds. The van der Waals surface area contributed by atoms with E-state index in [0.29, 0.717) is 23.3 Å². The molecule has 132 heavy (non-hydrogen) atoms. The van der Waals surface area contributed by atoms with Crippen LogP contribution in [0.5, 0.6) is 0 Å². The number of pyridine rings is 2. The van der Waals surface area contributed by atoms with Crippen molar-refractivity contribution in [1.82, 2.24) is 30.2 Å². The number of aliphatic imine (C=N–C) groups is 2. The lowest BCUT2D eigenvalue weighted by molar-refractivity contribution is 0.674. The maximum Gasteiger partial charge on any atom is 0.164 e. The fourth-order valence-corrected chi connectivity index (χ4v) is 18.1. The first-order valence-electron chi connectivity index (χ1n) is 44.7. The molecule has 8 heteroatoms. The first-order chi connectivity index (χ1) is 65.3. The molecular weight excluding hydrogens is 1600 g/mol. The summed E-state index contributed by atoms with van der Waals surface area (Å²) in [6.45, 7) is 0. The largest absolute Gasteiger partial charge is 0.344 e. The highest BCUT2D eigenvalue weighted by Crippen LogP contribution is 2.41. The van der Waals surface area contributed by atoms with Crippen molar-refractivity contribution < 1.29 is 0 Å². The summed E-state index contributed by atoms with van der Waals surface area (Å²) in [6.07, 6.45) is -0.475. The van der Waals surface area contributed by atoms with Crippen LogP contribution in [-0.2, 0) is 0 Å². The molecule has 1 unspecified atom stereocenters. The molecule has 1 aliphatic heterocycles. The van der Waals surface area contributed by atoms with Gasteiger partial charge < -0.3 is 5.32 Å². The van der Waals surface area contributed by atoms with Crippen LogP contribution >= 0.6 is 0 Å². The molecule has 4 heterocycles. The average molecular weight is 1680 g/mol. The summed E-state index contributed by atoms with van der Waals surface area (Å²) < 4.78 is 0. The molecule has 1 aliphatic rings. The van der Waals surface area contributed by atoms with Crippen molar-refractivity contribution in [1.29, 1.82) is 0 Å². The van der Waals surface area contributed by atoms with Crippen molar-refractivity contribution >= 4 is 44.0 Å². The molecule has 618 valence electrons. The topological polar surface area (TPSA) is 101 Å². The Morgan fingerprint density at radius 3 is 0.871 bits per heavy atom. The molecular formula is C124H82N8. The molecule has 1 atom stereocenters. The summed E-state index contributed by atoms with van der Waals surface area (Å²) in [5, 5.41) is 10.8. The number of amidine groups is 2. The number of nitrogens with one attached hydrogen (secondary N) is 1. The molecule has 19 aromatic carbocycles. The number of aromatic nitrogens is 5. The van der Waals surface area contributed by atoms with Crippen molar-refractivity contribution in [3.8, 4) is 179 Å². The van der Waals surface area contributed by atoms with Crippen LogP contribution in [-0.4, -0.2) is 36.6 Å². The molecule has 0 saturated heterocycles. The van der Waals surface area contributed by atoms with Gasteiger partial charge in [-0.3, -0.25) is 0 Å². The molecule has 0 saturated carbocycles. The van der Waals surface area contributed by atoms with Crippen LogP contribution in [0.2, 0.25) is 0 Å². The van der Waals surface area contributed by atoms with Gasteiger partial charge in [0.05, 0.1) is 22.8 Å². The Morgan fingerprint density at radius 2 is 0.409 bits per heavy atom. The first kappa shape index (κ1) is 79.1. The zero-order valence-corrected chi connectivity index (χ0v) is 71.9. The number of hydrogen-bond donors (Lipinski definition) is 1.